The fourth-order valence-electron chi connectivity index (χ4n) is 0.994. The van der Waals surface area contributed by atoms with Gasteiger partial charge >= 0.3 is 5.97 Å². The summed E-state index contributed by atoms with van der Waals surface area (Å²) in [6.45, 7) is 2.12. The Morgan fingerprint density at radius 1 is 1.43 bits per heavy atom. The van der Waals surface area contributed by atoms with Gasteiger partial charge in [-0.3, -0.25) is 4.79 Å². The molecule has 0 saturated carbocycles. The van der Waals surface area contributed by atoms with Gasteiger partial charge in [0, 0.05) is 0 Å². The van der Waals surface area contributed by atoms with Crippen LogP contribution >= 0.6 is 0 Å². The Balaban J connectivity index is 2.26. The van der Waals surface area contributed by atoms with Gasteiger partial charge in [-0.15, -0.1) is 0 Å². The van der Waals surface area contributed by atoms with Crippen molar-refractivity contribution in [1.29, 1.82) is 0 Å². The van der Waals surface area contributed by atoms with Crippen LogP contribution in [0.25, 0.3) is 0 Å². The molecule has 1 aromatic rings. The van der Waals surface area contributed by atoms with Gasteiger partial charge in [0.15, 0.2) is 0 Å². The number of benzene rings is 1. The van der Waals surface area contributed by atoms with Gasteiger partial charge in [-0.05, 0) is 18.6 Å². The van der Waals surface area contributed by atoms with Gasteiger partial charge in [0.1, 0.15) is 5.75 Å². The molecule has 1 N–H and O–H groups in total. The van der Waals surface area contributed by atoms with Crippen LogP contribution in [0.3, 0.4) is 0 Å². The highest BCUT2D eigenvalue weighted by Crippen LogP contribution is 2.10. The molecule has 0 radical (unpaired) electrons. The summed E-state index contributed by atoms with van der Waals surface area (Å²) in [7, 11) is 0. The van der Waals surface area contributed by atoms with Crippen molar-refractivity contribution in [2.45, 2.75) is 13.3 Å². The molecule has 0 aliphatic carbocycles. The van der Waals surface area contributed by atoms with E-state index in [1.54, 1.807) is 6.92 Å². The summed E-state index contributed by atoms with van der Waals surface area (Å²) < 4.78 is 5.36. The Labute approximate surface area is 83.3 Å². The monoisotopic (exact) mass is 194 g/mol. The first-order chi connectivity index (χ1) is 6.70. The van der Waals surface area contributed by atoms with Gasteiger partial charge in [-0.1, -0.05) is 25.1 Å². The zero-order chi connectivity index (χ0) is 10.4. The van der Waals surface area contributed by atoms with Crippen LogP contribution in [0, 0.1) is 5.92 Å². The van der Waals surface area contributed by atoms with Crippen molar-refractivity contribution in [3.8, 4) is 5.75 Å². The zero-order valence-electron chi connectivity index (χ0n) is 8.14. The summed E-state index contributed by atoms with van der Waals surface area (Å²) in [6.07, 6.45) is 0.532. The van der Waals surface area contributed by atoms with Crippen LogP contribution in [-0.4, -0.2) is 17.7 Å². The van der Waals surface area contributed by atoms with Gasteiger partial charge in [0.05, 0.1) is 12.5 Å². The molecule has 1 atom stereocenters. The molecule has 3 nitrogen and oxygen atoms in total. The lowest BCUT2D eigenvalue weighted by molar-refractivity contribution is -0.141. The summed E-state index contributed by atoms with van der Waals surface area (Å²) >= 11 is 0. The van der Waals surface area contributed by atoms with Gasteiger partial charge in [-0.25, -0.2) is 0 Å². The first kappa shape index (κ1) is 10.6. The number of rotatable bonds is 5. The van der Waals surface area contributed by atoms with E-state index in [1.165, 1.54) is 0 Å². The number of hydrogen-bond acceptors (Lipinski definition) is 2. The minimum atomic E-state index is -0.776. The van der Waals surface area contributed by atoms with E-state index in [1.807, 2.05) is 30.3 Å². The molecule has 0 amide bonds. The van der Waals surface area contributed by atoms with Crippen LogP contribution in [0.5, 0.6) is 5.75 Å². The molecule has 0 saturated heterocycles. The third-order valence-corrected chi connectivity index (χ3v) is 1.98. The molecule has 76 valence electrons. The van der Waals surface area contributed by atoms with E-state index in [0.29, 0.717) is 13.0 Å². The molecule has 14 heavy (non-hydrogen) atoms. The van der Waals surface area contributed by atoms with Crippen molar-refractivity contribution in [2.24, 2.45) is 5.92 Å². The predicted octanol–water partition coefficient (Wildman–Crippen LogP) is 2.18. The summed E-state index contributed by atoms with van der Waals surface area (Å²) in [6, 6.07) is 9.38. The number of hydrogen-bond donors (Lipinski definition) is 1. The second-order valence-corrected chi connectivity index (χ2v) is 3.19. The molecule has 0 spiro atoms. The average Bonchev–Trinajstić information content (AvgIpc) is 2.19. The maximum Gasteiger partial charge on any atom is 0.306 e. The van der Waals surface area contributed by atoms with Crippen LogP contribution in [0.15, 0.2) is 30.3 Å². The molecular weight excluding hydrogens is 180 g/mol. The molecular formula is C11H14O3. The van der Waals surface area contributed by atoms with Crippen LogP contribution in [0.1, 0.15) is 13.3 Å². The molecule has 0 aliphatic rings. The number of carbonyl (C=O) groups is 1. The first-order valence-corrected chi connectivity index (χ1v) is 4.61. The van der Waals surface area contributed by atoms with E-state index in [-0.39, 0.29) is 5.92 Å². The fraction of sp³-hybridized carbons (Fsp3) is 0.364. The van der Waals surface area contributed by atoms with Crippen molar-refractivity contribution in [2.75, 3.05) is 6.61 Å². The van der Waals surface area contributed by atoms with Gasteiger partial charge in [-0.2, -0.15) is 0 Å². The van der Waals surface area contributed by atoms with E-state index in [4.69, 9.17) is 9.84 Å². The molecule has 0 aliphatic heterocycles. The quantitative estimate of drug-likeness (QED) is 0.781. The number of carboxylic acid groups (broad SMARTS) is 1. The molecule has 1 aromatic carbocycles. The molecule has 0 aromatic heterocycles. The standard InChI is InChI=1S/C11H14O3/c1-9(11(12)13)7-8-14-10-5-3-2-4-6-10/h2-6,9H,7-8H2,1H3,(H,12,13). The Morgan fingerprint density at radius 2 is 2.07 bits per heavy atom. The minimum Gasteiger partial charge on any atom is -0.494 e. The number of carboxylic acids is 1. The second kappa shape index (κ2) is 5.27. The van der Waals surface area contributed by atoms with Crippen molar-refractivity contribution in [3.05, 3.63) is 30.3 Å². The predicted molar refractivity (Wildman–Crippen MR) is 53.4 cm³/mol. The smallest absolute Gasteiger partial charge is 0.306 e. The van der Waals surface area contributed by atoms with E-state index >= 15 is 0 Å². The van der Waals surface area contributed by atoms with Crippen molar-refractivity contribution in [3.63, 3.8) is 0 Å². The maximum atomic E-state index is 10.5. The summed E-state index contributed by atoms with van der Waals surface area (Å²) in [5.41, 5.74) is 0. The first-order valence-electron chi connectivity index (χ1n) is 4.61. The molecule has 0 heterocycles. The highest BCUT2D eigenvalue weighted by molar-refractivity contribution is 5.69. The highest BCUT2D eigenvalue weighted by atomic mass is 16.5. The van der Waals surface area contributed by atoms with Crippen LogP contribution in [0.2, 0.25) is 0 Å². The Kier molecular flexibility index (Phi) is 3.98. The fourth-order valence-corrected chi connectivity index (χ4v) is 0.994. The highest BCUT2D eigenvalue weighted by Gasteiger charge is 2.09. The lowest BCUT2D eigenvalue weighted by Gasteiger charge is -2.07. The third kappa shape index (κ3) is 3.47. The Hall–Kier alpha value is -1.51. The molecule has 0 bridgehead atoms. The summed E-state index contributed by atoms with van der Waals surface area (Å²) in [4.78, 5) is 10.5. The second-order valence-electron chi connectivity index (χ2n) is 3.19. The number of aliphatic carboxylic acids is 1. The minimum absolute atomic E-state index is 0.348. The van der Waals surface area contributed by atoms with Gasteiger partial charge in [0.2, 0.25) is 0 Å². The van der Waals surface area contributed by atoms with E-state index in [2.05, 4.69) is 0 Å². The molecule has 1 rings (SSSR count). The third-order valence-electron chi connectivity index (χ3n) is 1.98. The van der Waals surface area contributed by atoms with Crippen molar-refractivity contribution < 1.29 is 14.6 Å². The zero-order valence-corrected chi connectivity index (χ0v) is 8.14. The lowest BCUT2D eigenvalue weighted by Crippen LogP contribution is -2.13. The van der Waals surface area contributed by atoms with Gasteiger partial charge < -0.3 is 9.84 Å². The Morgan fingerprint density at radius 3 is 2.64 bits per heavy atom. The summed E-state index contributed by atoms with van der Waals surface area (Å²) in [5.74, 6) is -0.342. The van der Waals surface area contributed by atoms with E-state index < -0.39 is 5.97 Å². The average molecular weight is 194 g/mol. The van der Waals surface area contributed by atoms with Crippen LogP contribution in [0.4, 0.5) is 0 Å². The summed E-state index contributed by atoms with van der Waals surface area (Å²) in [5, 5.41) is 8.62. The lowest BCUT2D eigenvalue weighted by atomic mass is 10.1. The normalized spacial score (nSPS) is 12.1. The van der Waals surface area contributed by atoms with Crippen LogP contribution in [-0.2, 0) is 4.79 Å². The molecule has 0 fully saturated rings. The topological polar surface area (TPSA) is 46.5 Å². The van der Waals surface area contributed by atoms with Crippen molar-refractivity contribution >= 4 is 5.97 Å². The Bertz CT molecular complexity index is 282. The largest absolute Gasteiger partial charge is 0.494 e. The number of ether oxygens (including phenoxy) is 1. The van der Waals surface area contributed by atoms with E-state index in [9.17, 15) is 4.79 Å². The van der Waals surface area contributed by atoms with E-state index in [0.717, 1.165) is 5.75 Å². The van der Waals surface area contributed by atoms with Crippen molar-refractivity contribution in [1.82, 2.24) is 0 Å². The SMILES string of the molecule is CC(CCOc1ccccc1)C(=O)O. The molecule has 1 unspecified atom stereocenters. The maximum absolute atomic E-state index is 10.5. The van der Waals surface area contributed by atoms with Crippen LogP contribution < -0.4 is 4.74 Å². The van der Waals surface area contributed by atoms with Gasteiger partial charge in [0.25, 0.3) is 0 Å². The number of para-hydroxylation sites is 1. The molecule has 3 heteroatoms.